The van der Waals surface area contributed by atoms with E-state index in [1.165, 1.54) is 26.2 Å². The highest BCUT2D eigenvalue weighted by atomic mass is 19.4. The Hall–Kier alpha value is -4.41. The lowest BCUT2D eigenvalue weighted by Crippen LogP contribution is -2.21. The summed E-state index contributed by atoms with van der Waals surface area (Å²) in [5, 5.41) is 4.00. The molecule has 0 unspecified atom stereocenters. The second kappa shape index (κ2) is 8.75. The number of carbonyl (C=O) groups excluding carboxylic acids is 2. The molecular formula is C24H20F3N5O3. The monoisotopic (exact) mass is 483 g/mol. The van der Waals surface area contributed by atoms with Crippen molar-refractivity contribution in [2.45, 2.75) is 19.6 Å². The van der Waals surface area contributed by atoms with Gasteiger partial charge in [-0.1, -0.05) is 36.4 Å². The first-order chi connectivity index (χ1) is 16.5. The summed E-state index contributed by atoms with van der Waals surface area (Å²) in [6, 6.07) is 13.0. The van der Waals surface area contributed by atoms with Gasteiger partial charge in [0, 0.05) is 27.8 Å². The van der Waals surface area contributed by atoms with Gasteiger partial charge in [-0.05, 0) is 19.1 Å². The Morgan fingerprint density at radius 1 is 1.00 bits per heavy atom. The van der Waals surface area contributed by atoms with Gasteiger partial charge in [0.15, 0.2) is 5.69 Å². The van der Waals surface area contributed by atoms with E-state index in [0.29, 0.717) is 11.3 Å². The smallest absolute Gasteiger partial charge is 0.435 e. The van der Waals surface area contributed by atoms with E-state index in [2.05, 4.69) is 10.1 Å². The molecule has 0 aliphatic carbocycles. The Labute approximate surface area is 197 Å². The number of carbonyl (C=O) groups is 2. The molecule has 0 saturated heterocycles. The second-order valence-corrected chi connectivity index (χ2v) is 7.73. The maximum atomic E-state index is 14.2. The molecule has 4 rings (SSSR count). The minimum atomic E-state index is -4.93. The Morgan fingerprint density at radius 2 is 1.66 bits per heavy atom. The number of ether oxygens (including phenoxy) is 1. The van der Waals surface area contributed by atoms with Crippen LogP contribution in [0.3, 0.4) is 0 Å². The third kappa shape index (κ3) is 4.16. The van der Waals surface area contributed by atoms with E-state index < -0.39 is 40.5 Å². The van der Waals surface area contributed by atoms with Gasteiger partial charge in [-0.3, -0.25) is 14.3 Å². The van der Waals surface area contributed by atoms with Crippen LogP contribution in [0.5, 0.6) is 5.75 Å². The van der Waals surface area contributed by atoms with Gasteiger partial charge >= 0.3 is 6.18 Å². The van der Waals surface area contributed by atoms with Gasteiger partial charge in [0.1, 0.15) is 11.4 Å². The third-order valence-electron chi connectivity index (χ3n) is 5.61. The lowest BCUT2D eigenvalue weighted by atomic mass is 9.92. The van der Waals surface area contributed by atoms with Crippen molar-refractivity contribution < 1.29 is 27.5 Å². The van der Waals surface area contributed by atoms with Crippen molar-refractivity contribution >= 4 is 22.7 Å². The van der Waals surface area contributed by atoms with Crippen LogP contribution in [0.15, 0.2) is 48.5 Å². The molecular weight excluding hydrogens is 463 g/mol. The first-order valence-corrected chi connectivity index (χ1v) is 10.3. The predicted octanol–water partition coefficient (Wildman–Crippen LogP) is 3.68. The number of nitrogens with zero attached hydrogens (tertiary/aromatic N) is 3. The third-order valence-corrected chi connectivity index (χ3v) is 5.61. The van der Waals surface area contributed by atoms with Crippen LogP contribution in [0.1, 0.15) is 37.8 Å². The standard InChI is InChI=1S/C24H20F3N5O3/c1-12-17(19-18(22(28)33)14-8-4-5-9-15(14)30-20(19)23(29)34)21(24(25,26)27)31-32(12)11-13-7-3-6-10-16(13)35-2/h3-10H,11H2,1-2H3,(H2,28,33)(H2,29,34). The fraction of sp³-hybridized carbons (Fsp3) is 0.167. The first-order valence-electron chi connectivity index (χ1n) is 10.3. The van der Waals surface area contributed by atoms with Crippen molar-refractivity contribution in [3.63, 3.8) is 0 Å². The number of para-hydroxylation sites is 2. The van der Waals surface area contributed by atoms with E-state index in [4.69, 9.17) is 16.2 Å². The molecule has 35 heavy (non-hydrogen) atoms. The van der Waals surface area contributed by atoms with Crippen LogP contribution in [0.2, 0.25) is 0 Å². The van der Waals surface area contributed by atoms with Crippen molar-refractivity contribution in [2.75, 3.05) is 7.11 Å². The molecule has 0 aliphatic rings. The Kier molecular flexibility index (Phi) is 5.93. The van der Waals surface area contributed by atoms with Crippen LogP contribution in [-0.2, 0) is 12.7 Å². The molecule has 4 N–H and O–H groups in total. The maximum absolute atomic E-state index is 14.2. The van der Waals surface area contributed by atoms with Crippen molar-refractivity contribution in [1.82, 2.24) is 14.8 Å². The summed E-state index contributed by atoms with van der Waals surface area (Å²) in [5.41, 5.74) is 8.92. The zero-order valence-corrected chi connectivity index (χ0v) is 18.7. The number of pyridine rings is 1. The molecule has 2 heterocycles. The molecule has 0 spiro atoms. The van der Waals surface area contributed by atoms with Crippen LogP contribution in [0.4, 0.5) is 13.2 Å². The van der Waals surface area contributed by atoms with Crippen molar-refractivity contribution in [3.8, 4) is 16.9 Å². The van der Waals surface area contributed by atoms with Crippen LogP contribution in [0, 0.1) is 6.92 Å². The average Bonchev–Trinajstić information content (AvgIpc) is 3.14. The van der Waals surface area contributed by atoms with Crippen LogP contribution < -0.4 is 16.2 Å². The molecule has 8 nitrogen and oxygen atoms in total. The largest absolute Gasteiger partial charge is 0.496 e. The SMILES string of the molecule is COc1ccccc1Cn1nc(C(F)(F)F)c(-c2c(C(N)=O)nc3ccccc3c2C(N)=O)c1C. The summed E-state index contributed by atoms with van der Waals surface area (Å²) in [6.45, 7) is 1.33. The van der Waals surface area contributed by atoms with Crippen LogP contribution in [0.25, 0.3) is 22.0 Å². The lowest BCUT2D eigenvalue weighted by Gasteiger charge is -2.16. The van der Waals surface area contributed by atoms with Crippen LogP contribution >= 0.6 is 0 Å². The van der Waals surface area contributed by atoms with Crippen molar-refractivity contribution in [2.24, 2.45) is 11.5 Å². The van der Waals surface area contributed by atoms with E-state index in [9.17, 15) is 22.8 Å². The molecule has 0 fully saturated rings. The number of halogens is 3. The van der Waals surface area contributed by atoms with E-state index in [-0.39, 0.29) is 28.7 Å². The number of fused-ring (bicyclic) bond motifs is 1. The van der Waals surface area contributed by atoms with Crippen molar-refractivity contribution in [1.29, 1.82) is 0 Å². The van der Waals surface area contributed by atoms with E-state index in [1.807, 2.05) is 0 Å². The van der Waals surface area contributed by atoms with Crippen molar-refractivity contribution in [3.05, 3.63) is 76.7 Å². The number of nitrogens with two attached hydrogens (primary N) is 2. The van der Waals surface area contributed by atoms with Gasteiger partial charge in [-0.2, -0.15) is 18.3 Å². The number of aromatic nitrogens is 3. The number of hydrogen-bond acceptors (Lipinski definition) is 5. The number of hydrogen-bond donors (Lipinski definition) is 2. The van der Waals surface area contributed by atoms with Gasteiger partial charge < -0.3 is 16.2 Å². The van der Waals surface area contributed by atoms with Gasteiger partial charge in [-0.15, -0.1) is 0 Å². The number of methoxy groups -OCH3 is 1. The number of benzene rings is 2. The van der Waals surface area contributed by atoms with Crippen LogP contribution in [-0.4, -0.2) is 33.7 Å². The summed E-state index contributed by atoms with van der Waals surface area (Å²) in [5.74, 6) is -1.69. The molecule has 11 heteroatoms. The molecule has 0 bridgehead atoms. The quantitative estimate of drug-likeness (QED) is 0.433. The minimum absolute atomic E-state index is 0.0327. The molecule has 4 aromatic rings. The molecule has 2 amide bonds. The zero-order valence-electron chi connectivity index (χ0n) is 18.7. The molecule has 0 aliphatic heterocycles. The van der Waals surface area contributed by atoms with E-state index in [1.54, 1.807) is 36.4 Å². The topological polar surface area (TPSA) is 126 Å². The number of rotatable bonds is 6. The summed E-state index contributed by atoms with van der Waals surface area (Å²) >= 11 is 0. The highest BCUT2D eigenvalue weighted by Gasteiger charge is 2.41. The fourth-order valence-electron chi connectivity index (χ4n) is 4.08. The number of primary amides is 2. The molecule has 2 aromatic heterocycles. The Bertz CT molecular complexity index is 1480. The summed E-state index contributed by atoms with van der Waals surface area (Å²) in [6.07, 6.45) is -4.93. The molecule has 180 valence electrons. The summed E-state index contributed by atoms with van der Waals surface area (Å²) < 4.78 is 49.1. The highest BCUT2D eigenvalue weighted by molar-refractivity contribution is 6.15. The van der Waals surface area contributed by atoms with Gasteiger partial charge in [-0.25, -0.2) is 4.98 Å². The Morgan fingerprint density at radius 3 is 2.29 bits per heavy atom. The van der Waals surface area contributed by atoms with E-state index >= 15 is 0 Å². The maximum Gasteiger partial charge on any atom is 0.435 e. The summed E-state index contributed by atoms with van der Waals surface area (Å²) in [4.78, 5) is 29.1. The molecule has 2 aromatic carbocycles. The summed E-state index contributed by atoms with van der Waals surface area (Å²) in [7, 11) is 1.44. The lowest BCUT2D eigenvalue weighted by molar-refractivity contribution is -0.141. The minimum Gasteiger partial charge on any atom is -0.496 e. The molecule has 0 radical (unpaired) electrons. The molecule has 0 atom stereocenters. The van der Waals surface area contributed by atoms with E-state index in [0.717, 1.165) is 4.68 Å². The fourth-order valence-corrected chi connectivity index (χ4v) is 4.08. The highest BCUT2D eigenvalue weighted by Crippen LogP contribution is 2.42. The average molecular weight is 483 g/mol. The van der Waals surface area contributed by atoms with Gasteiger partial charge in [0.25, 0.3) is 5.91 Å². The van der Waals surface area contributed by atoms with Gasteiger partial charge in [0.2, 0.25) is 5.91 Å². The Balaban J connectivity index is 2.09. The number of alkyl halides is 3. The second-order valence-electron chi connectivity index (χ2n) is 7.73. The number of amides is 2. The predicted molar refractivity (Wildman–Crippen MR) is 122 cm³/mol. The normalized spacial score (nSPS) is 11.6. The molecule has 0 saturated carbocycles. The zero-order chi connectivity index (χ0) is 25.5. The van der Waals surface area contributed by atoms with Gasteiger partial charge in [0.05, 0.1) is 24.7 Å². The first kappa shape index (κ1) is 23.7.